The number of hydrogen-bond donors (Lipinski definition) is 2. The molecule has 0 saturated carbocycles. The quantitative estimate of drug-likeness (QED) is 0.600. The minimum absolute atomic E-state index is 0.607. The number of aryl methyl sites for hydroxylation is 1. The van der Waals surface area contributed by atoms with Gasteiger partial charge in [-0.25, -0.2) is 0 Å². The van der Waals surface area contributed by atoms with E-state index in [1.165, 1.54) is 5.56 Å². The van der Waals surface area contributed by atoms with Crippen LogP contribution in [0.5, 0.6) is 0 Å². The van der Waals surface area contributed by atoms with Crippen LogP contribution in [0.15, 0.2) is 30.3 Å². The van der Waals surface area contributed by atoms with E-state index in [0.717, 1.165) is 6.42 Å². The van der Waals surface area contributed by atoms with Gasteiger partial charge in [-0.05, 0) is 12.0 Å². The Balaban J connectivity index is 2.50. The van der Waals surface area contributed by atoms with Gasteiger partial charge in [0.25, 0.3) is 0 Å². The van der Waals surface area contributed by atoms with Crippen LogP contribution in [0.25, 0.3) is 0 Å². The van der Waals surface area contributed by atoms with Crippen LogP contribution in [0.1, 0.15) is 5.56 Å². The standard InChI is InChI=1S/C8H11OPS2/c9-10(11,12)7-6-8-4-2-1-3-5-8/h1-5H,6-7H2,(H2,9,11,12). The van der Waals surface area contributed by atoms with E-state index in [-0.39, 0.29) is 0 Å². The van der Waals surface area contributed by atoms with E-state index in [4.69, 9.17) is 11.8 Å². The van der Waals surface area contributed by atoms with Crippen LogP contribution in [-0.2, 0) is 18.2 Å². The summed E-state index contributed by atoms with van der Waals surface area (Å²) in [7, 11) is 0. The molecular formula is C8H11OPS2. The van der Waals surface area contributed by atoms with Gasteiger partial charge < -0.3 is 4.89 Å². The second-order valence-corrected chi connectivity index (χ2v) is 9.01. The van der Waals surface area contributed by atoms with Crippen molar-refractivity contribution in [2.45, 2.75) is 6.42 Å². The SMILES string of the molecule is OP(=S)(S)CCc1ccccc1. The lowest BCUT2D eigenvalue weighted by atomic mass is 10.2. The molecule has 1 N–H and O–H groups in total. The van der Waals surface area contributed by atoms with Gasteiger partial charge in [0, 0.05) is 6.16 Å². The summed E-state index contributed by atoms with van der Waals surface area (Å²) in [5.74, 6) is 0. The molecule has 0 radical (unpaired) electrons. The van der Waals surface area contributed by atoms with Crippen molar-refractivity contribution in [1.82, 2.24) is 0 Å². The maximum absolute atomic E-state index is 9.27. The minimum Gasteiger partial charge on any atom is -0.357 e. The fourth-order valence-electron chi connectivity index (χ4n) is 0.919. The Hall–Kier alpha value is 0.180. The largest absolute Gasteiger partial charge is 0.357 e. The Morgan fingerprint density at radius 3 is 2.42 bits per heavy atom. The van der Waals surface area contributed by atoms with Crippen LogP contribution >= 0.6 is 17.7 Å². The highest BCUT2D eigenvalue weighted by atomic mass is 32.9. The first kappa shape index (κ1) is 10.3. The molecule has 0 aliphatic rings. The summed E-state index contributed by atoms with van der Waals surface area (Å²) in [6.45, 7) is 0. The predicted octanol–water partition coefficient (Wildman–Crippen LogP) is 2.46. The molecule has 0 saturated heterocycles. The average Bonchev–Trinajstić information content (AvgIpc) is 2.02. The molecule has 1 rings (SSSR count). The van der Waals surface area contributed by atoms with Crippen molar-refractivity contribution in [3.63, 3.8) is 0 Å². The molecule has 0 aromatic heterocycles. The van der Waals surface area contributed by atoms with Gasteiger partial charge in [0.2, 0.25) is 0 Å². The van der Waals surface area contributed by atoms with Crippen LogP contribution in [0.2, 0.25) is 0 Å². The van der Waals surface area contributed by atoms with Gasteiger partial charge in [-0.3, -0.25) is 0 Å². The molecule has 0 spiro atoms. The third-order valence-electron chi connectivity index (χ3n) is 1.53. The topological polar surface area (TPSA) is 20.2 Å². The summed E-state index contributed by atoms with van der Waals surface area (Å²) >= 11 is 8.78. The number of hydrogen-bond acceptors (Lipinski definition) is 1. The highest BCUT2D eigenvalue weighted by Gasteiger charge is 2.04. The van der Waals surface area contributed by atoms with Crippen LogP contribution in [0.4, 0.5) is 0 Å². The van der Waals surface area contributed by atoms with E-state index in [1.54, 1.807) is 0 Å². The third-order valence-corrected chi connectivity index (χ3v) is 3.49. The summed E-state index contributed by atoms with van der Waals surface area (Å²) in [5, 5.41) is 0. The van der Waals surface area contributed by atoms with E-state index < -0.39 is 5.47 Å². The van der Waals surface area contributed by atoms with E-state index in [9.17, 15) is 4.89 Å². The van der Waals surface area contributed by atoms with Gasteiger partial charge in [0.05, 0.1) is 0 Å². The highest BCUT2D eigenvalue weighted by Crippen LogP contribution is 2.46. The lowest BCUT2D eigenvalue weighted by molar-refractivity contribution is 0.637. The first-order chi connectivity index (χ1) is 5.58. The van der Waals surface area contributed by atoms with Crippen molar-refractivity contribution >= 4 is 29.5 Å². The Bertz CT molecular complexity index is 280. The van der Waals surface area contributed by atoms with Crippen LogP contribution < -0.4 is 0 Å². The third kappa shape index (κ3) is 4.27. The van der Waals surface area contributed by atoms with Gasteiger partial charge in [0.15, 0.2) is 0 Å². The van der Waals surface area contributed by atoms with Crippen molar-refractivity contribution in [3.05, 3.63) is 35.9 Å². The van der Waals surface area contributed by atoms with Gasteiger partial charge in [-0.1, -0.05) is 42.1 Å². The molecule has 0 heterocycles. The van der Waals surface area contributed by atoms with E-state index in [2.05, 4.69) is 12.2 Å². The average molecular weight is 218 g/mol. The van der Waals surface area contributed by atoms with E-state index >= 15 is 0 Å². The molecule has 0 bridgehead atoms. The summed E-state index contributed by atoms with van der Waals surface area (Å²) in [6, 6.07) is 9.99. The summed E-state index contributed by atoms with van der Waals surface area (Å²) in [5.41, 5.74) is -1.10. The van der Waals surface area contributed by atoms with Crippen LogP contribution in [0.3, 0.4) is 0 Å². The summed E-state index contributed by atoms with van der Waals surface area (Å²) in [6.07, 6.45) is 1.42. The Labute approximate surface area is 83.1 Å². The van der Waals surface area contributed by atoms with Gasteiger partial charge in [-0.2, -0.15) is 0 Å². The minimum atomic E-state index is -2.30. The number of thiol groups is 1. The molecule has 1 aromatic carbocycles. The summed E-state index contributed by atoms with van der Waals surface area (Å²) in [4.78, 5) is 9.27. The first-order valence-corrected chi connectivity index (χ1v) is 7.76. The Kier molecular flexibility index (Phi) is 3.78. The van der Waals surface area contributed by atoms with Crippen molar-refractivity contribution in [2.24, 2.45) is 0 Å². The zero-order valence-electron chi connectivity index (χ0n) is 6.55. The fourth-order valence-corrected chi connectivity index (χ4v) is 2.04. The Morgan fingerprint density at radius 2 is 1.92 bits per heavy atom. The van der Waals surface area contributed by atoms with Crippen LogP contribution in [-0.4, -0.2) is 11.1 Å². The lowest BCUT2D eigenvalue weighted by Crippen LogP contribution is -1.89. The molecule has 1 nitrogen and oxygen atoms in total. The zero-order chi connectivity index (χ0) is 9.03. The second kappa shape index (κ2) is 4.43. The monoisotopic (exact) mass is 218 g/mol. The van der Waals surface area contributed by atoms with Crippen molar-refractivity contribution in [3.8, 4) is 0 Å². The van der Waals surface area contributed by atoms with Crippen molar-refractivity contribution in [1.29, 1.82) is 0 Å². The van der Waals surface area contributed by atoms with Gasteiger partial charge in [-0.15, -0.1) is 12.2 Å². The molecule has 1 unspecified atom stereocenters. The molecule has 0 amide bonds. The van der Waals surface area contributed by atoms with Crippen molar-refractivity contribution in [2.75, 3.05) is 6.16 Å². The molecule has 4 heteroatoms. The number of rotatable bonds is 3. The first-order valence-electron chi connectivity index (χ1n) is 3.66. The van der Waals surface area contributed by atoms with Gasteiger partial charge >= 0.3 is 0 Å². The maximum atomic E-state index is 9.27. The molecule has 1 atom stereocenters. The molecule has 0 aliphatic carbocycles. The molecule has 1 aromatic rings. The zero-order valence-corrected chi connectivity index (χ0v) is 9.16. The van der Waals surface area contributed by atoms with E-state index in [1.807, 2.05) is 30.3 Å². The normalized spacial score (nSPS) is 15.5. The summed E-state index contributed by atoms with van der Waals surface area (Å²) < 4.78 is 0. The molecule has 66 valence electrons. The maximum Gasteiger partial charge on any atom is 0.114 e. The second-order valence-electron chi connectivity index (χ2n) is 2.62. The molecule has 0 fully saturated rings. The highest BCUT2D eigenvalue weighted by molar-refractivity contribution is 8.61. The van der Waals surface area contributed by atoms with Crippen LogP contribution in [0, 0.1) is 0 Å². The van der Waals surface area contributed by atoms with E-state index in [0.29, 0.717) is 6.16 Å². The number of benzene rings is 1. The predicted molar refractivity (Wildman–Crippen MR) is 60.5 cm³/mol. The molecule has 12 heavy (non-hydrogen) atoms. The smallest absolute Gasteiger partial charge is 0.114 e. The molecular weight excluding hydrogens is 207 g/mol. The lowest BCUT2D eigenvalue weighted by Gasteiger charge is -2.06. The fraction of sp³-hybridized carbons (Fsp3) is 0.250. The molecule has 0 aliphatic heterocycles. The van der Waals surface area contributed by atoms with Gasteiger partial charge in [0.1, 0.15) is 5.47 Å². The van der Waals surface area contributed by atoms with Crippen molar-refractivity contribution < 1.29 is 4.89 Å². The Morgan fingerprint density at radius 1 is 1.33 bits per heavy atom.